The number of rotatable bonds is 4. The van der Waals surface area contributed by atoms with Gasteiger partial charge in [-0.15, -0.1) is 0 Å². The van der Waals surface area contributed by atoms with Crippen LogP contribution in [0.2, 0.25) is 0 Å². The Morgan fingerprint density at radius 2 is 2.08 bits per heavy atom. The maximum atomic E-state index is 12.0. The van der Waals surface area contributed by atoms with Crippen molar-refractivity contribution in [2.75, 3.05) is 0 Å². The summed E-state index contributed by atoms with van der Waals surface area (Å²) in [6, 6.07) is 13.1. The summed E-state index contributed by atoms with van der Waals surface area (Å²) >= 11 is 0. The Hall–Kier alpha value is -3.48. The van der Waals surface area contributed by atoms with Gasteiger partial charge in [0, 0.05) is 28.8 Å². The Kier molecular flexibility index (Phi) is 4.56. The topological polar surface area (TPSA) is 93.8 Å². The molecule has 7 heteroatoms. The number of ether oxygens (including phenoxy) is 1. The Bertz CT molecular complexity index is 889. The monoisotopic (exact) mass is 337 g/mol. The molecule has 1 unspecified atom stereocenters. The second kappa shape index (κ2) is 6.96. The van der Waals surface area contributed by atoms with Crippen LogP contribution in [0.1, 0.15) is 22.8 Å². The minimum atomic E-state index is -0.552. The Morgan fingerprint density at radius 1 is 1.28 bits per heavy atom. The summed E-state index contributed by atoms with van der Waals surface area (Å²) in [5.41, 5.74) is 4.13. The van der Waals surface area contributed by atoms with E-state index in [2.05, 4.69) is 10.5 Å². The van der Waals surface area contributed by atoms with Crippen molar-refractivity contribution in [3.05, 3.63) is 75.3 Å². The number of hydrazone groups is 1. The molecule has 1 aliphatic heterocycles. The standard InChI is InChI=1S/C18H15N3O4/c1-12-15(9-13-5-2-3-8-17(13)25-12)11-19-20-18(22)14-6-4-7-16(10-14)21(23)24/h2-12H,1H3,(H,20,22)/b19-11+. The minimum Gasteiger partial charge on any atom is -0.485 e. The van der Waals surface area contributed by atoms with E-state index in [9.17, 15) is 14.9 Å². The number of fused-ring (bicyclic) bond motifs is 1. The second-order valence-corrected chi connectivity index (χ2v) is 5.45. The lowest BCUT2D eigenvalue weighted by atomic mass is 10.0. The molecule has 0 saturated heterocycles. The number of carbonyl (C=O) groups is 1. The molecule has 0 bridgehead atoms. The first kappa shape index (κ1) is 16.4. The van der Waals surface area contributed by atoms with Gasteiger partial charge in [0.25, 0.3) is 11.6 Å². The zero-order chi connectivity index (χ0) is 17.8. The van der Waals surface area contributed by atoms with Gasteiger partial charge in [0.05, 0.1) is 11.1 Å². The zero-order valence-corrected chi connectivity index (χ0v) is 13.4. The first-order chi connectivity index (χ1) is 12.0. The van der Waals surface area contributed by atoms with Gasteiger partial charge in [-0.2, -0.15) is 5.10 Å². The number of non-ortho nitro benzene ring substituents is 1. The number of nitrogens with zero attached hydrogens (tertiary/aromatic N) is 2. The summed E-state index contributed by atoms with van der Waals surface area (Å²) in [5.74, 6) is 0.276. The van der Waals surface area contributed by atoms with Crippen molar-refractivity contribution in [3.8, 4) is 5.75 Å². The summed E-state index contributed by atoms with van der Waals surface area (Å²) in [6.07, 6.45) is 3.25. The van der Waals surface area contributed by atoms with Crippen molar-refractivity contribution in [1.29, 1.82) is 0 Å². The number of para-hydroxylation sites is 1. The van der Waals surface area contributed by atoms with Crippen LogP contribution >= 0.6 is 0 Å². The highest BCUT2D eigenvalue weighted by atomic mass is 16.6. The zero-order valence-electron chi connectivity index (χ0n) is 13.4. The van der Waals surface area contributed by atoms with Gasteiger partial charge in [-0.1, -0.05) is 24.3 Å². The molecule has 0 spiro atoms. The van der Waals surface area contributed by atoms with E-state index in [-0.39, 0.29) is 17.4 Å². The van der Waals surface area contributed by atoms with Gasteiger partial charge in [0.1, 0.15) is 11.9 Å². The van der Waals surface area contributed by atoms with E-state index >= 15 is 0 Å². The maximum absolute atomic E-state index is 12.0. The smallest absolute Gasteiger partial charge is 0.271 e. The SMILES string of the molecule is CC1Oc2ccccc2C=C1/C=N/NC(=O)c1cccc([N+](=O)[O-])c1. The van der Waals surface area contributed by atoms with Crippen molar-refractivity contribution in [1.82, 2.24) is 5.43 Å². The molecule has 25 heavy (non-hydrogen) atoms. The number of hydrogen-bond acceptors (Lipinski definition) is 5. The molecule has 2 aromatic carbocycles. The Balaban J connectivity index is 1.71. The van der Waals surface area contributed by atoms with Crippen LogP contribution in [-0.4, -0.2) is 23.1 Å². The van der Waals surface area contributed by atoms with Crippen LogP contribution < -0.4 is 10.2 Å². The summed E-state index contributed by atoms with van der Waals surface area (Å²) < 4.78 is 5.78. The molecule has 0 fully saturated rings. The predicted octanol–water partition coefficient (Wildman–Crippen LogP) is 3.17. The molecule has 1 atom stereocenters. The highest BCUT2D eigenvalue weighted by Gasteiger charge is 2.17. The number of nitrogens with one attached hydrogen (secondary N) is 1. The van der Waals surface area contributed by atoms with Crippen molar-refractivity contribution in [2.24, 2.45) is 5.10 Å². The highest BCUT2D eigenvalue weighted by molar-refractivity contribution is 5.96. The van der Waals surface area contributed by atoms with Crippen molar-refractivity contribution in [2.45, 2.75) is 13.0 Å². The lowest BCUT2D eigenvalue weighted by Gasteiger charge is -2.22. The predicted molar refractivity (Wildman–Crippen MR) is 93.6 cm³/mol. The van der Waals surface area contributed by atoms with E-state index in [0.717, 1.165) is 16.9 Å². The second-order valence-electron chi connectivity index (χ2n) is 5.45. The average Bonchev–Trinajstić information content (AvgIpc) is 2.62. The van der Waals surface area contributed by atoms with Gasteiger partial charge >= 0.3 is 0 Å². The number of nitro groups is 1. The Labute approximate surface area is 143 Å². The lowest BCUT2D eigenvalue weighted by Crippen LogP contribution is -2.22. The first-order valence-corrected chi connectivity index (χ1v) is 7.60. The molecular weight excluding hydrogens is 322 g/mol. The van der Waals surface area contributed by atoms with Gasteiger partial charge in [-0.25, -0.2) is 5.43 Å². The quantitative estimate of drug-likeness (QED) is 0.527. The molecule has 126 valence electrons. The van der Waals surface area contributed by atoms with Crippen LogP contribution in [0.4, 0.5) is 5.69 Å². The molecule has 0 aliphatic carbocycles. The van der Waals surface area contributed by atoms with E-state index in [0.29, 0.717) is 0 Å². The van der Waals surface area contributed by atoms with Gasteiger partial charge in [0.2, 0.25) is 0 Å². The minimum absolute atomic E-state index is 0.148. The van der Waals surface area contributed by atoms with Crippen molar-refractivity contribution < 1.29 is 14.5 Å². The fraction of sp³-hybridized carbons (Fsp3) is 0.111. The van der Waals surface area contributed by atoms with Crippen LogP contribution in [-0.2, 0) is 0 Å². The van der Waals surface area contributed by atoms with Gasteiger partial charge in [-0.05, 0) is 25.1 Å². The third kappa shape index (κ3) is 3.72. The summed E-state index contributed by atoms with van der Waals surface area (Å²) in [4.78, 5) is 22.2. The van der Waals surface area contributed by atoms with Crippen LogP contribution in [0.25, 0.3) is 6.08 Å². The number of nitro benzene ring substituents is 1. The van der Waals surface area contributed by atoms with Crippen LogP contribution in [0.5, 0.6) is 5.75 Å². The lowest BCUT2D eigenvalue weighted by molar-refractivity contribution is -0.384. The fourth-order valence-corrected chi connectivity index (χ4v) is 2.40. The van der Waals surface area contributed by atoms with E-state index in [4.69, 9.17) is 4.74 Å². The van der Waals surface area contributed by atoms with E-state index < -0.39 is 10.8 Å². The normalized spacial score (nSPS) is 15.9. The molecule has 3 rings (SSSR count). The molecule has 0 radical (unpaired) electrons. The largest absolute Gasteiger partial charge is 0.485 e. The molecule has 0 saturated carbocycles. The third-order valence-corrected chi connectivity index (χ3v) is 3.71. The number of amides is 1. The maximum Gasteiger partial charge on any atom is 0.271 e. The summed E-state index contributed by atoms with van der Waals surface area (Å²) in [6.45, 7) is 1.89. The van der Waals surface area contributed by atoms with Gasteiger partial charge in [0.15, 0.2) is 0 Å². The highest BCUT2D eigenvalue weighted by Crippen LogP contribution is 2.28. The van der Waals surface area contributed by atoms with Crippen LogP contribution in [0, 0.1) is 10.1 Å². The van der Waals surface area contributed by atoms with Crippen molar-refractivity contribution >= 4 is 23.9 Å². The molecule has 1 amide bonds. The molecular formula is C18H15N3O4. The van der Waals surface area contributed by atoms with Crippen molar-refractivity contribution in [3.63, 3.8) is 0 Å². The summed E-state index contributed by atoms with van der Waals surface area (Å²) in [7, 11) is 0. The van der Waals surface area contributed by atoms with Gasteiger partial charge < -0.3 is 4.74 Å². The molecule has 1 heterocycles. The van der Waals surface area contributed by atoms with Crippen LogP contribution in [0.15, 0.2) is 59.2 Å². The Morgan fingerprint density at radius 3 is 2.88 bits per heavy atom. The van der Waals surface area contributed by atoms with E-state index in [1.165, 1.54) is 30.5 Å². The fourth-order valence-electron chi connectivity index (χ4n) is 2.40. The number of hydrogen-bond donors (Lipinski definition) is 1. The third-order valence-electron chi connectivity index (χ3n) is 3.71. The molecule has 1 aliphatic rings. The molecule has 2 aromatic rings. The van der Waals surface area contributed by atoms with E-state index in [1.807, 2.05) is 37.3 Å². The summed E-state index contributed by atoms with van der Waals surface area (Å²) in [5, 5.41) is 14.7. The number of carbonyl (C=O) groups excluding carboxylic acids is 1. The average molecular weight is 337 g/mol. The van der Waals surface area contributed by atoms with Crippen LogP contribution in [0.3, 0.4) is 0 Å². The first-order valence-electron chi connectivity index (χ1n) is 7.60. The molecule has 1 N–H and O–H groups in total. The molecule has 7 nitrogen and oxygen atoms in total. The van der Waals surface area contributed by atoms with E-state index in [1.54, 1.807) is 0 Å². The van der Waals surface area contributed by atoms with Gasteiger partial charge in [-0.3, -0.25) is 14.9 Å². The molecule has 0 aromatic heterocycles. The number of benzene rings is 2.